The first kappa shape index (κ1) is 11.7. The van der Waals surface area contributed by atoms with Crippen molar-refractivity contribution in [3.63, 3.8) is 0 Å². The normalized spacial score (nSPS) is 13.4. The van der Waals surface area contributed by atoms with Crippen molar-refractivity contribution in [1.82, 2.24) is 14.3 Å². The second-order valence-electron chi connectivity index (χ2n) is 3.09. The third-order valence-corrected chi connectivity index (χ3v) is 3.58. The topological polar surface area (TPSA) is 87.8 Å². The van der Waals surface area contributed by atoms with E-state index >= 15 is 0 Å². The molecule has 1 aromatic heterocycles. The number of nitrogens with zero attached hydrogens (tertiary/aromatic N) is 3. The van der Waals surface area contributed by atoms with Crippen LogP contribution in [-0.2, 0) is 23.6 Å². The molecule has 1 aromatic rings. The molecule has 0 saturated heterocycles. The molecule has 0 saturated carbocycles. The van der Waals surface area contributed by atoms with E-state index in [0.29, 0.717) is 5.82 Å². The van der Waals surface area contributed by atoms with Gasteiger partial charge in [0.2, 0.25) is 10.0 Å². The third kappa shape index (κ3) is 2.78. The maximum absolute atomic E-state index is 11.4. The molecule has 0 fully saturated rings. The van der Waals surface area contributed by atoms with Crippen LogP contribution < -0.4 is 4.72 Å². The number of hydrogen-bond donors (Lipinski definition) is 1. The molecule has 1 heterocycles. The number of imidazole rings is 1. The number of hydrogen-bond acceptors (Lipinski definition) is 4. The van der Waals surface area contributed by atoms with Crippen LogP contribution in [0, 0.1) is 11.3 Å². The van der Waals surface area contributed by atoms with Gasteiger partial charge in [0.05, 0.1) is 12.6 Å². The van der Waals surface area contributed by atoms with Crippen molar-refractivity contribution in [3.8, 4) is 6.07 Å². The van der Waals surface area contributed by atoms with Gasteiger partial charge in [0.25, 0.3) is 0 Å². The van der Waals surface area contributed by atoms with Gasteiger partial charge in [-0.1, -0.05) is 0 Å². The predicted octanol–water partition coefficient (Wildman–Crippen LogP) is -0.248. The van der Waals surface area contributed by atoms with Crippen molar-refractivity contribution >= 4 is 10.0 Å². The quantitative estimate of drug-likeness (QED) is 0.769. The molecule has 1 atom stereocenters. The Balaban J connectivity index is 2.67. The van der Waals surface area contributed by atoms with Crippen LogP contribution in [0.25, 0.3) is 0 Å². The molecule has 0 aromatic carbocycles. The Morgan fingerprint density at radius 1 is 1.73 bits per heavy atom. The Hall–Kier alpha value is -1.39. The smallest absolute Gasteiger partial charge is 0.228 e. The maximum atomic E-state index is 11.4. The van der Waals surface area contributed by atoms with Gasteiger partial charge in [-0.25, -0.2) is 18.1 Å². The molecule has 0 aliphatic rings. The summed E-state index contributed by atoms with van der Waals surface area (Å²) in [5, 5.41) is 7.43. The molecule has 1 unspecified atom stereocenters. The van der Waals surface area contributed by atoms with E-state index in [1.165, 1.54) is 6.92 Å². The fraction of sp³-hybridized carbons (Fsp3) is 0.500. The molecule has 1 N–H and O–H groups in total. The molecule has 82 valence electrons. The lowest BCUT2D eigenvalue weighted by atomic mass is 10.5. The first-order valence-electron chi connectivity index (χ1n) is 4.31. The van der Waals surface area contributed by atoms with E-state index in [0.717, 1.165) is 0 Å². The first-order chi connectivity index (χ1) is 6.97. The van der Waals surface area contributed by atoms with Crippen LogP contribution in [-0.4, -0.2) is 23.2 Å². The average Bonchev–Trinajstić information content (AvgIpc) is 2.60. The Kier molecular flexibility index (Phi) is 3.44. The number of nitrogens with one attached hydrogen (secondary N) is 1. The van der Waals surface area contributed by atoms with Crippen molar-refractivity contribution < 1.29 is 8.42 Å². The van der Waals surface area contributed by atoms with Crippen LogP contribution in [0.3, 0.4) is 0 Å². The van der Waals surface area contributed by atoms with Crippen molar-refractivity contribution in [2.75, 3.05) is 0 Å². The Bertz CT molecular complexity index is 471. The second kappa shape index (κ2) is 4.42. The molecular weight excluding hydrogens is 216 g/mol. The van der Waals surface area contributed by atoms with E-state index in [2.05, 4.69) is 9.71 Å². The molecule has 7 heteroatoms. The minimum absolute atomic E-state index is 0.0951. The molecule has 0 radical (unpaired) electrons. The summed E-state index contributed by atoms with van der Waals surface area (Å²) in [5.74, 6) is 0.601. The second-order valence-corrected chi connectivity index (χ2v) is 5.18. The van der Waals surface area contributed by atoms with E-state index in [1.54, 1.807) is 30.1 Å². The highest BCUT2D eigenvalue weighted by atomic mass is 32.2. The molecule has 0 bridgehead atoms. The highest BCUT2D eigenvalue weighted by Crippen LogP contribution is 1.99. The van der Waals surface area contributed by atoms with Gasteiger partial charge in [-0.3, -0.25) is 0 Å². The van der Waals surface area contributed by atoms with E-state index in [1.807, 2.05) is 0 Å². The predicted molar refractivity (Wildman–Crippen MR) is 54.0 cm³/mol. The summed E-state index contributed by atoms with van der Waals surface area (Å²) in [5.41, 5.74) is 0. The van der Waals surface area contributed by atoms with Crippen LogP contribution in [0.1, 0.15) is 12.7 Å². The fourth-order valence-electron chi connectivity index (χ4n) is 0.926. The van der Waals surface area contributed by atoms with E-state index in [9.17, 15) is 8.42 Å². The van der Waals surface area contributed by atoms with Gasteiger partial charge < -0.3 is 4.57 Å². The number of sulfonamides is 1. The molecule has 15 heavy (non-hydrogen) atoms. The Morgan fingerprint density at radius 3 is 2.87 bits per heavy atom. The Morgan fingerprint density at radius 2 is 2.40 bits per heavy atom. The summed E-state index contributed by atoms with van der Waals surface area (Å²) in [7, 11) is -1.80. The summed E-state index contributed by atoms with van der Waals surface area (Å²) in [6.07, 6.45) is 3.30. The summed E-state index contributed by atoms with van der Waals surface area (Å²) < 4.78 is 26.8. The van der Waals surface area contributed by atoms with E-state index in [4.69, 9.17) is 5.26 Å². The zero-order valence-corrected chi connectivity index (χ0v) is 9.32. The highest BCUT2D eigenvalue weighted by Gasteiger charge is 2.19. The van der Waals surface area contributed by atoms with Gasteiger partial charge in [-0.2, -0.15) is 5.26 Å². The van der Waals surface area contributed by atoms with Crippen molar-refractivity contribution in [2.24, 2.45) is 7.05 Å². The minimum Gasteiger partial charge on any atom is -0.337 e. The summed E-state index contributed by atoms with van der Waals surface area (Å²) >= 11 is 0. The largest absolute Gasteiger partial charge is 0.337 e. The summed E-state index contributed by atoms with van der Waals surface area (Å²) in [6, 6.07) is 1.67. The molecule has 0 aliphatic heterocycles. The number of aryl methyl sites for hydroxylation is 1. The van der Waals surface area contributed by atoms with Gasteiger partial charge in [0.1, 0.15) is 5.82 Å². The number of nitriles is 1. The molecular formula is C8H12N4O2S. The van der Waals surface area contributed by atoms with E-state index < -0.39 is 15.3 Å². The van der Waals surface area contributed by atoms with Crippen molar-refractivity contribution in [2.45, 2.75) is 18.7 Å². The average molecular weight is 228 g/mol. The zero-order valence-electron chi connectivity index (χ0n) is 8.51. The number of aromatic nitrogens is 2. The van der Waals surface area contributed by atoms with Crippen molar-refractivity contribution in [1.29, 1.82) is 5.26 Å². The first-order valence-corrected chi connectivity index (χ1v) is 5.86. The van der Waals surface area contributed by atoms with Crippen LogP contribution in [0.15, 0.2) is 12.4 Å². The van der Waals surface area contributed by atoms with Crippen LogP contribution in [0.5, 0.6) is 0 Å². The van der Waals surface area contributed by atoms with E-state index in [-0.39, 0.29) is 6.54 Å². The third-order valence-electron chi connectivity index (χ3n) is 2.00. The Labute approximate surface area is 88.6 Å². The van der Waals surface area contributed by atoms with Crippen LogP contribution in [0.2, 0.25) is 0 Å². The molecule has 0 aliphatic carbocycles. The molecule has 0 spiro atoms. The minimum atomic E-state index is -3.57. The molecule has 1 rings (SSSR count). The lowest BCUT2D eigenvalue weighted by molar-refractivity contribution is 0.573. The lowest BCUT2D eigenvalue weighted by Gasteiger charge is -2.07. The summed E-state index contributed by atoms with van der Waals surface area (Å²) in [6.45, 7) is 1.43. The fourth-order valence-corrected chi connectivity index (χ4v) is 1.65. The van der Waals surface area contributed by atoms with Gasteiger partial charge in [0, 0.05) is 19.4 Å². The van der Waals surface area contributed by atoms with Gasteiger partial charge in [-0.05, 0) is 6.92 Å². The zero-order chi connectivity index (χ0) is 11.5. The maximum Gasteiger partial charge on any atom is 0.228 e. The SMILES string of the molecule is CC(C#N)S(=O)(=O)NCc1nccn1C. The lowest BCUT2D eigenvalue weighted by Crippen LogP contribution is -2.32. The van der Waals surface area contributed by atoms with Gasteiger partial charge in [0.15, 0.2) is 5.25 Å². The van der Waals surface area contributed by atoms with Crippen LogP contribution >= 0.6 is 0 Å². The summed E-state index contributed by atoms with van der Waals surface area (Å²) in [4.78, 5) is 3.96. The molecule has 6 nitrogen and oxygen atoms in total. The highest BCUT2D eigenvalue weighted by molar-refractivity contribution is 7.90. The van der Waals surface area contributed by atoms with Crippen molar-refractivity contribution in [3.05, 3.63) is 18.2 Å². The molecule has 0 amide bonds. The number of rotatable bonds is 4. The van der Waals surface area contributed by atoms with Crippen LogP contribution in [0.4, 0.5) is 0 Å². The standard InChI is InChI=1S/C8H12N4O2S/c1-7(5-9)15(13,14)11-6-8-10-3-4-12(8)2/h3-4,7,11H,6H2,1-2H3. The van der Waals surface area contributed by atoms with Gasteiger partial charge >= 0.3 is 0 Å². The van der Waals surface area contributed by atoms with Gasteiger partial charge in [-0.15, -0.1) is 0 Å². The monoisotopic (exact) mass is 228 g/mol.